The number of ether oxygens (including phenoxy) is 1. The number of nitrogens with zero attached hydrogens (tertiary/aromatic N) is 2. The van der Waals surface area contributed by atoms with Crippen LogP contribution < -0.4 is 11.4 Å². The summed E-state index contributed by atoms with van der Waals surface area (Å²) in [6.07, 6.45) is -5.78. The van der Waals surface area contributed by atoms with Crippen molar-refractivity contribution in [3.63, 3.8) is 0 Å². The van der Waals surface area contributed by atoms with Gasteiger partial charge in [0.2, 0.25) is 6.23 Å². The number of hydrogen-bond acceptors (Lipinski definition) is 9. The Morgan fingerprint density at radius 2 is 2.12 bits per heavy atom. The molecular formula is C18H18Cl2F2N3O7P. The molecule has 0 bridgehead atoms. The van der Waals surface area contributed by atoms with E-state index in [1.54, 1.807) is 18.2 Å². The molecule has 3 N–H and O–H groups in total. The van der Waals surface area contributed by atoms with Crippen LogP contribution in [0.25, 0.3) is 0 Å². The highest BCUT2D eigenvalue weighted by atomic mass is 35.5. The van der Waals surface area contributed by atoms with Gasteiger partial charge in [0.25, 0.3) is 0 Å². The molecule has 2 saturated heterocycles. The first-order chi connectivity index (χ1) is 15.5. The van der Waals surface area contributed by atoms with Crippen LogP contribution in [-0.4, -0.2) is 46.0 Å². The van der Waals surface area contributed by atoms with Crippen LogP contribution in [0.2, 0.25) is 10.0 Å². The molecule has 0 amide bonds. The van der Waals surface area contributed by atoms with Gasteiger partial charge in [0, 0.05) is 18.2 Å². The summed E-state index contributed by atoms with van der Waals surface area (Å²) in [5, 5.41) is 10.6. The Hall–Kier alpha value is -1.63. The molecule has 2 aliphatic heterocycles. The maximum atomic E-state index is 14.6. The number of halogens is 4. The molecule has 180 valence electrons. The van der Waals surface area contributed by atoms with E-state index in [1.165, 1.54) is 0 Å². The van der Waals surface area contributed by atoms with E-state index in [1.807, 2.05) is 0 Å². The van der Waals surface area contributed by atoms with Crippen LogP contribution in [0.15, 0.2) is 35.3 Å². The third-order valence-corrected chi connectivity index (χ3v) is 7.40. The van der Waals surface area contributed by atoms with Crippen molar-refractivity contribution in [2.45, 2.75) is 36.9 Å². The Morgan fingerprint density at radius 1 is 1.36 bits per heavy atom. The quantitative estimate of drug-likeness (QED) is 0.561. The van der Waals surface area contributed by atoms with Gasteiger partial charge in [-0.2, -0.15) is 13.8 Å². The summed E-state index contributed by atoms with van der Waals surface area (Å²) in [7, 11) is -4.23. The second kappa shape index (κ2) is 9.20. The summed E-state index contributed by atoms with van der Waals surface area (Å²) in [4.78, 5) is 15.3. The first kappa shape index (κ1) is 24.5. The van der Waals surface area contributed by atoms with E-state index in [4.69, 9.17) is 47.2 Å². The lowest BCUT2D eigenvalue weighted by Crippen LogP contribution is -2.42. The number of nitrogens with two attached hydrogens (primary N) is 1. The standard InChI is InChI=1S/C18H18Cl2F2N3O7P/c19-10-3-1-2-9(14(10)20)11-5-7-29-33(28,32-11)30-8-12-15(26)18(21,22)16(31-12)25-6-4-13(23)24-17(25)27/h1-4,6,11-12,15-16,26H,5,7-8H2,(H2,23,24,27)/t11-,12-,15-,16-,33+/m1/s1. The van der Waals surface area contributed by atoms with Crippen molar-refractivity contribution in [1.29, 1.82) is 0 Å². The van der Waals surface area contributed by atoms with Gasteiger partial charge in [-0.1, -0.05) is 35.3 Å². The molecule has 2 aromatic rings. The number of rotatable bonds is 5. The van der Waals surface area contributed by atoms with Crippen molar-refractivity contribution < 1.29 is 36.8 Å². The van der Waals surface area contributed by atoms with Gasteiger partial charge in [-0.05, 0) is 12.1 Å². The SMILES string of the molecule is Nc1ccn([C@@H]2O[C@H](CO[P@]3(=O)OCC[C@H](c4cccc(Cl)c4Cl)O3)[C@@H](O)C2(F)F)c(=O)n1. The molecule has 4 rings (SSSR count). The monoisotopic (exact) mass is 527 g/mol. The zero-order valence-corrected chi connectivity index (χ0v) is 19.1. The maximum absolute atomic E-state index is 14.6. The minimum Gasteiger partial charge on any atom is -0.384 e. The topological polar surface area (TPSA) is 135 Å². The van der Waals surface area contributed by atoms with Crippen molar-refractivity contribution in [1.82, 2.24) is 9.55 Å². The minimum absolute atomic E-state index is 0.0376. The fourth-order valence-corrected chi connectivity index (χ4v) is 5.25. The van der Waals surface area contributed by atoms with Crippen molar-refractivity contribution in [3.8, 4) is 0 Å². The van der Waals surface area contributed by atoms with E-state index in [2.05, 4.69) is 4.98 Å². The smallest absolute Gasteiger partial charge is 0.384 e. The molecule has 15 heteroatoms. The Labute approximate surface area is 195 Å². The van der Waals surface area contributed by atoms with Gasteiger partial charge in [0.05, 0.1) is 29.4 Å². The number of anilines is 1. The summed E-state index contributed by atoms with van der Waals surface area (Å²) < 4.78 is 63.6. The van der Waals surface area contributed by atoms with E-state index in [-0.39, 0.29) is 28.9 Å². The number of aromatic nitrogens is 2. The summed E-state index contributed by atoms with van der Waals surface area (Å²) in [5.74, 6) is -4.06. The van der Waals surface area contributed by atoms with Gasteiger partial charge in [-0.25, -0.2) is 9.36 Å². The lowest BCUT2D eigenvalue weighted by atomic mass is 10.1. The number of phosphoric ester groups is 1. The molecule has 2 aliphatic rings. The molecule has 0 radical (unpaired) electrons. The van der Waals surface area contributed by atoms with Crippen LogP contribution in [0.3, 0.4) is 0 Å². The Bertz CT molecular complexity index is 1150. The highest BCUT2D eigenvalue weighted by Gasteiger charge is 2.60. The molecule has 3 heterocycles. The van der Waals surface area contributed by atoms with Crippen LogP contribution in [0, 0.1) is 0 Å². The molecule has 2 fully saturated rings. The fraction of sp³-hybridized carbons (Fsp3) is 0.444. The Kier molecular flexibility index (Phi) is 6.83. The molecule has 0 unspecified atom stereocenters. The number of benzene rings is 1. The first-order valence-electron chi connectivity index (χ1n) is 9.59. The van der Waals surface area contributed by atoms with Crippen LogP contribution in [0.5, 0.6) is 0 Å². The highest BCUT2D eigenvalue weighted by Crippen LogP contribution is 2.58. The summed E-state index contributed by atoms with van der Waals surface area (Å²) >= 11 is 12.2. The lowest BCUT2D eigenvalue weighted by molar-refractivity contribution is -0.140. The predicted molar refractivity (Wildman–Crippen MR) is 112 cm³/mol. The van der Waals surface area contributed by atoms with Gasteiger partial charge in [-0.3, -0.25) is 18.1 Å². The van der Waals surface area contributed by atoms with E-state index in [0.29, 0.717) is 10.1 Å². The molecule has 1 aromatic heterocycles. The van der Waals surface area contributed by atoms with Crippen LogP contribution in [0.1, 0.15) is 24.3 Å². The third-order valence-electron chi connectivity index (χ3n) is 5.09. The predicted octanol–water partition coefficient (Wildman–Crippen LogP) is 3.33. The average molecular weight is 528 g/mol. The molecule has 1 aromatic carbocycles. The molecular weight excluding hydrogens is 510 g/mol. The number of hydrogen-bond donors (Lipinski definition) is 2. The second-order valence-electron chi connectivity index (χ2n) is 7.29. The molecule has 33 heavy (non-hydrogen) atoms. The van der Waals surface area contributed by atoms with E-state index in [0.717, 1.165) is 12.3 Å². The van der Waals surface area contributed by atoms with Crippen LogP contribution in [-0.2, 0) is 22.9 Å². The first-order valence-corrected chi connectivity index (χ1v) is 11.8. The van der Waals surface area contributed by atoms with Gasteiger partial charge in [0.1, 0.15) is 11.9 Å². The molecule has 0 aliphatic carbocycles. The molecule has 10 nitrogen and oxygen atoms in total. The largest absolute Gasteiger partial charge is 0.475 e. The molecule has 5 atom stereocenters. The number of phosphoric acid groups is 1. The summed E-state index contributed by atoms with van der Waals surface area (Å²) in [5.41, 5.74) is 4.73. The Morgan fingerprint density at radius 3 is 2.85 bits per heavy atom. The zero-order chi connectivity index (χ0) is 24.0. The maximum Gasteiger partial charge on any atom is 0.475 e. The van der Waals surface area contributed by atoms with Crippen molar-refractivity contribution >= 4 is 36.8 Å². The fourth-order valence-electron chi connectivity index (χ4n) is 3.43. The van der Waals surface area contributed by atoms with Gasteiger partial charge in [0.15, 0.2) is 6.10 Å². The summed E-state index contributed by atoms with van der Waals surface area (Å²) in [6, 6.07) is 5.95. The van der Waals surface area contributed by atoms with Crippen LogP contribution >= 0.6 is 31.0 Å². The van der Waals surface area contributed by atoms with Crippen molar-refractivity contribution in [3.05, 3.63) is 56.6 Å². The van der Waals surface area contributed by atoms with E-state index in [9.17, 15) is 23.2 Å². The van der Waals surface area contributed by atoms with E-state index < -0.39 is 50.6 Å². The molecule has 0 spiro atoms. The molecule has 0 saturated carbocycles. The highest BCUT2D eigenvalue weighted by molar-refractivity contribution is 7.48. The number of nitrogen functional groups attached to an aromatic ring is 1. The summed E-state index contributed by atoms with van der Waals surface area (Å²) in [6.45, 7) is -0.818. The third kappa shape index (κ3) is 4.80. The van der Waals surface area contributed by atoms with Crippen molar-refractivity contribution in [2.24, 2.45) is 0 Å². The van der Waals surface area contributed by atoms with Gasteiger partial charge in [-0.15, -0.1) is 0 Å². The lowest BCUT2D eigenvalue weighted by Gasteiger charge is -2.30. The number of aliphatic hydroxyl groups is 1. The normalized spacial score (nSPS) is 31.5. The zero-order valence-electron chi connectivity index (χ0n) is 16.6. The Balaban J connectivity index is 1.47. The number of alkyl halides is 2. The average Bonchev–Trinajstić information content (AvgIpc) is 2.98. The van der Waals surface area contributed by atoms with E-state index >= 15 is 0 Å². The van der Waals surface area contributed by atoms with Gasteiger partial charge < -0.3 is 15.6 Å². The second-order valence-corrected chi connectivity index (χ2v) is 9.70. The number of aliphatic hydroxyl groups excluding tert-OH is 1. The van der Waals surface area contributed by atoms with Crippen molar-refractivity contribution in [2.75, 3.05) is 18.9 Å². The van der Waals surface area contributed by atoms with Gasteiger partial charge >= 0.3 is 19.4 Å². The van der Waals surface area contributed by atoms with Crippen LogP contribution in [0.4, 0.5) is 14.6 Å². The minimum atomic E-state index is -4.23.